The maximum atomic E-state index is 11.9. The average molecular weight is 313 g/mol. The molecule has 7 nitrogen and oxygen atoms in total. The number of nitro benzene ring substituents is 1. The first-order valence-corrected chi connectivity index (χ1v) is 6.85. The average Bonchev–Trinajstić information content (AvgIpc) is 2.53. The van der Waals surface area contributed by atoms with Gasteiger partial charge in [0.2, 0.25) is 5.91 Å². The minimum Gasteiger partial charge on any atom is -0.273 e. The van der Waals surface area contributed by atoms with Crippen LogP contribution >= 0.6 is 0 Å². The van der Waals surface area contributed by atoms with Crippen LogP contribution in [0.2, 0.25) is 0 Å². The molecule has 2 N–H and O–H groups in total. The lowest BCUT2D eigenvalue weighted by atomic mass is 10.1. The van der Waals surface area contributed by atoms with Gasteiger partial charge < -0.3 is 0 Å². The molecule has 2 aromatic carbocycles. The van der Waals surface area contributed by atoms with Gasteiger partial charge >= 0.3 is 0 Å². The molecule has 0 aliphatic heterocycles. The zero-order valence-corrected chi connectivity index (χ0v) is 12.4. The van der Waals surface area contributed by atoms with Crippen molar-refractivity contribution in [3.8, 4) is 0 Å². The van der Waals surface area contributed by atoms with Crippen LogP contribution in [-0.4, -0.2) is 16.7 Å². The van der Waals surface area contributed by atoms with Gasteiger partial charge in [-0.25, -0.2) is 0 Å². The van der Waals surface area contributed by atoms with E-state index in [1.807, 2.05) is 18.2 Å². The van der Waals surface area contributed by atoms with E-state index < -0.39 is 10.8 Å². The number of hydrogen-bond donors (Lipinski definition) is 2. The maximum Gasteiger partial charge on any atom is 0.272 e. The predicted octanol–water partition coefficient (Wildman–Crippen LogP) is 1.91. The minimum atomic E-state index is -0.538. The van der Waals surface area contributed by atoms with Gasteiger partial charge in [-0.05, 0) is 24.6 Å². The Kier molecular flexibility index (Phi) is 5.03. The molecule has 0 saturated heterocycles. The van der Waals surface area contributed by atoms with Crippen LogP contribution in [0.4, 0.5) is 5.69 Å². The smallest absolute Gasteiger partial charge is 0.272 e. The van der Waals surface area contributed by atoms with Gasteiger partial charge in [0.1, 0.15) is 0 Å². The predicted molar refractivity (Wildman–Crippen MR) is 83.6 cm³/mol. The Morgan fingerprint density at radius 1 is 1.09 bits per heavy atom. The number of rotatable bonds is 4. The lowest BCUT2D eigenvalue weighted by Gasteiger charge is -2.08. The van der Waals surface area contributed by atoms with E-state index in [4.69, 9.17) is 0 Å². The van der Waals surface area contributed by atoms with E-state index >= 15 is 0 Å². The molecule has 0 fully saturated rings. The summed E-state index contributed by atoms with van der Waals surface area (Å²) in [6.45, 7) is 1.54. The van der Waals surface area contributed by atoms with E-state index in [1.54, 1.807) is 19.1 Å². The molecule has 118 valence electrons. The lowest BCUT2D eigenvalue weighted by molar-refractivity contribution is -0.385. The summed E-state index contributed by atoms with van der Waals surface area (Å²) in [4.78, 5) is 33.9. The second-order valence-electron chi connectivity index (χ2n) is 4.92. The number of nitrogens with zero attached hydrogens (tertiary/aromatic N) is 1. The second kappa shape index (κ2) is 7.17. The molecule has 0 aliphatic rings. The Labute approximate surface area is 132 Å². The monoisotopic (exact) mass is 313 g/mol. The van der Waals surface area contributed by atoms with Crippen molar-refractivity contribution < 1.29 is 14.5 Å². The number of nitro groups is 1. The van der Waals surface area contributed by atoms with Crippen LogP contribution in [0.25, 0.3) is 0 Å². The Hall–Kier alpha value is -3.22. The summed E-state index contributed by atoms with van der Waals surface area (Å²) in [6.07, 6.45) is 0.139. The second-order valence-corrected chi connectivity index (χ2v) is 4.92. The fraction of sp³-hybridized carbons (Fsp3) is 0.125. The third-order valence-corrected chi connectivity index (χ3v) is 3.18. The highest BCUT2D eigenvalue weighted by Gasteiger charge is 2.14. The third kappa shape index (κ3) is 4.37. The van der Waals surface area contributed by atoms with Gasteiger partial charge in [-0.3, -0.25) is 30.6 Å². The molecule has 2 aromatic rings. The zero-order chi connectivity index (χ0) is 16.8. The molecule has 0 aliphatic carbocycles. The lowest BCUT2D eigenvalue weighted by Crippen LogP contribution is -2.42. The molecule has 0 heterocycles. The molecular formula is C16H15N3O4. The largest absolute Gasteiger partial charge is 0.273 e. The standard InChI is InChI=1S/C16H15N3O4/c1-11-9-13(7-8-14(11)19(22)23)16(21)18-17-15(20)10-12-5-3-2-4-6-12/h2-9H,10H2,1H3,(H,17,20)(H,18,21). The van der Waals surface area contributed by atoms with Crippen molar-refractivity contribution >= 4 is 17.5 Å². The van der Waals surface area contributed by atoms with Crippen LogP contribution in [0, 0.1) is 17.0 Å². The molecule has 23 heavy (non-hydrogen) atoms. The highest BCUT2D eigenvalue weighted by molar-refractivity contribution is 5.96. The minimum absolute atomic E-state index is 0.0605. The first kappa shape index (κ1) is 16.2. The third-order valence-electron chi connectivity index (χ3n) is 3.18. The summed E-state index contributed by atoms with van der Waals surface area (Å²) in [5.74, 6) is -0.896. The van der Waals surface area contributed by atoms with Crippen LogP contribution in [-0.2, 0) is 11.2 Å². The molecule has 0 unspecified atom stereocenters. The summed E-state index contributed by atoms with van der Waals surface area (Å²) < 4.78 is 0. The van der Waals surface area contributed by atoms with E-state index in [0.717, 1.165) is 5.56 Å². The number of hydrazine groups is 1. The van der Waals surface area contributed by atoms with Crippen molar-refractivity contribution in [3.05, 3.63) is 75.3 Å². The summed E-state index contributed by atoms with van der Waals surface area (Å²) in [7, 11) is 0. The van der Waals surface area contributed by atoms with E-state index in [2.05, 4.69) is 10.9 Å². The van der Waals surface area contributed by atoms with Crippen LogP contribution in [0.15, 0.2) is 48.5 Å². The highest BCUT2D eigenvalue weighted by Crippen LogP contribution is 2.18. The van der Waals surface area contributed by atoms with Crippen LogP contribution in [0.5, 0.6) is 0 Å². The van der Waals surface area contributed by atoms with Crippen LogP contribution < -0.4 is 10.9 Å². The van der Waals surface area contributed by atoms with Crippen molar-refractivity contribution in [2.24, 2.45) is 0 Å². The van der Waals surface area contributed by atoms with Gasteiger partial charge in [-0.15, -0.1) is 0 Å². The summed E-state index contributed by atoms with van der Waals surface area (Å²) in [5, 5.41) is 10.7. The number of benzene rings is 2. The SMILES string of the molecule is Cc1cc(C(=O)NNC(=O)Cc2ccccc2)ccc1[N+](=O)[O-]. The topological polar surface area (TPSA) is 101 Å². The molecule has 0 spiro atoms. The fourth-order valence-corrected chi connectivity index (χ4v) is 2.03. The van der Waals surface area contributed by atoms with E-state index in [-0.39, 0.29) is 23.6 Å². The number of amides is 2. The first-order chi connectivity index (χ1) is 11.0. The van der Waals surface area contributed by atoms with Crippen molar-refractivity contribution in [2.75, 3.05) is 0 Å². The molecule has 2 rings (SSSR count). The van der Waals surface area contributed by atoms with E-state index in [1.165, 1.54) is 18.2 Å². The van der Waals surface area contributed by atoms with E-state index in [9.17, 15) is 19.7 Å². The molecular weight excluding hydrogens is 298 g/mol. The van der Waals surface area contributed by atoms with Crippen molar-refractivity contribution in [2.45, 2.75) is 13.3 Å². The summed E-state index contributed by atoms with van der Waals surface area (Å²) in [5.41, 5.74) is 5.97. The Morgan fingerprint density at radius 3 is 2.39 bits per heavy atom. The quantitative estimate of drug-likeness (QED) is 0.665. The molecule has 0 aromatic heterocycles. The fourth-order valence-electron chi connectivity index (χ4n) is 2.03. The Morgan fingerprint density at radius 2 is 1.78 bits per heavy atom. The van der Waals surface area contributed by atoms with Gasteiger partial charge in [0.25, 0.3) is 11.6 Å². The summed E-state index contributed by atoms with van der Waals surface area (Å²) in [6, 6.07) is 13.1. The summed E-state index contributed by atoms with van der Waals surface area (Å²) >= 11 is 0. The first-order valence-electron chi connectivity index (χ1n) is 6.85. The van der Waals surface area contributed by atoms with E-state index in [0.29, 0.717) is 5.56 Å². The van der Waals surface area contributed by atoms with Crippen molar-refractivity contribution in [3.63, 3.8) is 0 Å². The van der Waals surface area contributed by atoms with Crippen LogP contribution in [0.1, 0.15) is 21.5 Å². The molecule has 0 saturated carbocycles. The molecule has 0 radical (unpaired) electrons. The van der Waals surface area contributed by atoms with Crippen LogP contribution in [0.3, 0.4) is 0 Å². The Balaban J connectivity index is 1.93. The van der Waals surface area contributed by atoms with Gasteiger partial charge in [0, 0.05) is 17.2 Å². The van der Waals surface area contributed by atoms with Gasteiger partial charge in [-0.2, -0.15) is 0 Å². The zero-order valence-electron chi connectivity index (χ0n) is 12.4. The molecule has 7 heteroatoms. The number of carbonyl (C=O) groups is 2. The van der Waals surface area contributed by atoms with Gasteiger partial charge in [0.05, 0.1) is 11.3 Å². The normalized spacial score (nSPS) is 9.96. The van der Waals surface area contributed by atoms with Crippen molar-refractivity contribution in [1.29, 1.82) is 0 Å². The maximum absolute atomic E-state index is 11.9. The Bertz CT molecular complexity index is 744. The van der Waals surface area contributed by atoms with Gasteiger partial charge in [0.15, 0.2) is 0 Å². The van der Waals surface area contributed by atoms with Gasteiger partial charge in [-0.1, -0.05) is 30.3 Å². The number of carbonyl (C=O) groups excluding carboxylic acids is 2. The molecule has 0 atom stereocenters. The molecule has 2 amide bonds. The number of hydrogen-bond acceptors (Lipinski definition) is 4. The number of aryl methyl sites for hydroxylation is 1. The van der Waals surface area contributed by atoms with Crippen molar-refractivity contribution in [1.82, 2.24) is 10.9 Å². The number of nitrogens with one attached hydrogen (secondary N) is 2. The highest BCUT2D eigenvalue weighted by atomic mass is 16.6. The molecule has 0 bridgehead atoms.